The topological polar surface area (TPSA) is 73.1 Å². The van der Waals surface area contributed by atoms with Gasteiger partial charge in [0.15, 0.2) is 5.82 Å². The fraction of sp³-hybridized carbons (Fsp3) is 0.364. The lowest BCUT2D eigenvalue weighted by molar-refractivity contribution is -0.137. The van der Waals surface area contributed by atoms with Crippen LogP contribution in [0.15, 0.2) is 42.9 Å². The Bertz CT molecular complexity index is 1150. The molecule has 7 nitrogen and oxygen atoms in total. The van der Waals surface area contributed by atoms with Gasteiger partial charge in [-0.3, -0.25) is 4.79 Å². The van der Waals surface area contributed by atoms with Gasteiger partial charge < -0.3 is 9.64 Å². The lowest BCUT2D eigenvalue weighted by atomic mass is 9.90. The number of hydrogen-bond acceptors (Lipinski definition) is 5. The Balaban J connectivity index is 1.60. The van der Waals surface area contributed by atoms with Gasteiger partial charge in [-0.15, -0.1) is 4.80 Å². The molecule has 2 atom stereocenters. The first kappa shape index (κ1) is 23.6. The largest absolute Gasteiger partial charge is 0.475 e. The number of pyridine rings is 1. The number of carbonyl (C=O) groups excluding carboxylic acids is 1. The Kier molecular flexibility index (Phi) is 6.49. The van der Waals surface area contributed by atoms with E-state index in [0.717, 1.165) is 35.5 Å². The van der Waals surface area contributed by atoms with Crippen molar-refractivity contribution in [2.45, 2.75) is 32.0 Å². The Morgan fingerprint density at radius 1 is 1.12 bits per heavy atom. The molecule has 1 aliphatic heterocycles. The van der Waals surface area contributed by atoms with Gasteiger partial charge in [0.25, 0.3) is 5.91 Å². The average molecular weight is 481 g/mol. The van der Waals surface area contributed by atoms with Crippen molar-refractivity contribution in [3.63, 3.8) is 0 Å². The maximum absolute atomic E-state index is 14.8. The van der Waals surface area contributed by atoms with Crippen LogP contribution in [0, 0.1) is 17.6 Å². The van der Waals surface area contributed by atoms with Crippen molar-refractivity contribution in [2.24, 2.45) is 5.92 Å². The summed E-state index contributed by atoms with van der Waals surface area (Å²) >= 11 is 0. The predicted octanol–water partition coefficient (Wildman–Crippen LogP) is 4.28. The number of carbonyl (C=O) groups is 1. The molecule has 1 amide bonds. The molecule has 3 heterocycles. The molecule has 1 aliphatic rings. The smallest absolute Gasteiger partial charge is 0.417 e. The second-order valence-electron chi connectivity index (χ2n) is 7.95. The van der Waals surface area contributed by atoms with Crippen LogP contribution in [-0.4, -0.2) is 50.0 Å². The Labute approximate surface area is 191 Å². The van der Waals surface area contributed by atoms with Gasteiger partial charge in [0.2, 0.25) is 5.88 Å². The Hall–Kier alpha value is -3.57. The third-order valence-corrected chi connectivity index (χ3v) is 5.75. The molecule has 0 radical (unpaired) electrons. The number of benzene rings is 1. The van der Waals surface area contributed by atoms with Crippen LogP contribution in [0.3, 0.4) is 0 Å². The number of hydrogen-bond donors (Lipinski definition) is 0. The summed E-state index contributed by atoms with van der Waals surface area (Å²) in [5, 5.41) is 7.65. The molecule has 0 N–H and O–H groups in total. The molecule has 0 spiro atoms. The molecular weight excluding hydrogens is 461 g/mol. The predicted molar refractivity (Wildman–Crippen MR) is 109 cm³/mol. The molecule has 180 valence electrons. The van der Waals surface area contributed by atoms with E-state index in [4.69, 9.17) is 4.74 Å². The van der Waals surface area contributed by atoms with E-state index >= 15 is 0 Å². The quantitative estimate of drug-likeness (QED) is 0.509. The summed E-state index contributed by atoms with van der Waals surface area (Å²) in [6, 6.07) is 3.14. The molecular formula is C22H20F5N5O2. The van der Waals surface area contributed by atoms with Gasteiger partial charge in [-0.2, -0.15) is 23.4 Å². The highest BCUT2D eigenvalue weighted by atomic mass is 19.4. The molecule has 0 saturated carbocycles. The molecule has 4 rings (SSSR count). The zero-order valence-corrected chi connectivity index (χ0v) is 18.0. The summed E-state index contributed by atoms with van der Waals surface area (Å²) in [6.07, 6.45) is 0.0626. The maximum Gasteiger partial charge on any atom is 0.417 e. The number of piperidine rings is 1. The number of aromatic nitrogens is 4. The summed E-state index contributed by atoms with van der Waals surface area (Å²) < 4.78 is 73.3. The summed E-state index contributed by atoms with van der Waals surface area (Å²) in [4.78, 5) is 19.4. The standard InChI is InChI=1S/C22H20F5N5O2/c1-13-3-2-10-31(17(13)12-34-18-7-4-14(11-28-18)22(25,26)27)21(33)19-15(23)5-6-16(24)20(19)32-29-8-9-30-32/h4-9,11,13,17H,2-3,10,12H2,1H3/t13-,17-/m1/s1. The van der Waals surface area contributed by atoms with Gasteiger partial charge in [-0.25, -0.2) is 13.8 Å². The molecule has 1 saturated heterocycles. The number of halogens is 5. The summed E-state index contributed by atoms with van der Waals surface area (Å²) in [6.45, 7) is 2.06. The van der Waals surface area contributed by atoms with Crippen molar-refractivity contribution in [2.75, 3.05) is 13.2 Å². The zero-order valence-electron chi connectivity index (χ0n) is 18.0. The summed E-state index contributed by atoms with van der Waals surface area (Å²) in [5.41, 5.74) is -1.83. The minimum absolute atomic E-state index is 0.0449. The Morgan fingerprint density at radius 3 is 2.47 bits per heavy atom. The SMILES string of the molecule is C[C@@H]1CCCN(C(=O)c2c(F)ccc(F)c2-n2nccn2)[C@@H]1COc1ccc(C(F)(F)F)cn1. The van der Waals surface area contributed by atoms with E-state index in [1.54, 1.807) is 0 Å². The molecule has 1 fully saturated rings. The van der Waals surface area contributed by atoms with Crippen LogP contribution in [-0.2, 0) is 6.18 Å². The van der Waals surface area contributed by atoms with Crippen molar-refractivity contribution in [1.29, 1.82) is 0 Å². The van der Waals surface area contributed by atoms with Gasteiger partial charge in [0.05, 0.1) is 24.0 Å². The van der Waals surface area contributed by atoms with E-state index in [-0.39, 0.29) is 24.9 Å². The maximum atomic E-state index is 14.8. The van der Waals surface area contributed by atoms with Crippen LogP contribution < -0.4 is 4.74 Å². The van der Waals surface area contributed by atoms with Gasteiger partial charge in [-0.1, -0.05) is 6.92 Å². The van der Waals surface area contributed by atoms with Crippen LogP contribution in [0.5, 0.6) is 5.88 Å². The van der Waals surface area contributed by atoms with Crippen molar-refractivity contribution < 1.29 is 31.5 Å². The number of ether oxygens (including phenoxy) is 1. The molecule has 0 aliphatic carbocycles. The molecule has 3 aromatic rings. The third kappa shape index (κ3) is 4.70. The Morgan fingerprint density at radius 2 is 1.82 bits per heavy atom. The van der Waals surface area contributed by atoms with E-state index in [9.17, 15) is 26.7 Å². The van der Waals surface area contributed by atoms with Gasteiger partial charge >= 0.3 is 6.18 Å². The number of likely N-dealkylation sites (tertiary alicyclic amines) is 1. The first-order valence-electron chi connectivity index (χ1n) is 10.5. The zero-order chi connectivity index (χ0) is 24.5. The van der Waals surface area contributed by atoms with Crippen LogP contribution in [0.1, 0.15) is 35.7 Å². The van der Waals surface area contributed by atoms with Crippen LogP contribution in [0.25, 0.3) is 5.69 Å². The first-order valence-corrected chi connectivity index (χ1v) is 10.5. The second-order valence-corrected chi connectivity index (χ2v) is 7.95. The number of rotatable bonds is 5. The van der Waals surface area contributed by atoms with Crippen LogP contribution in [0.2, 0.25) is 0 Å². The molecule has 0 bridgehead atoms. The van der Waals surface area contributed by atoms with E-state index in [1.165, 1.54) is 17.3 Å². The minimum Gasteiger partial charge on any atom is -0.475 e. The lowest BCUT2D eigenvalue weighted by Crippen LogP contribution is -2.51. The van der Waals surface area contributed by atoms with Crippen molar-refractivity contribution >= 4 is 5.91 Å². The second kappa shape index (κ2) is 9.35. The number of alkyl halides is 3. The van der Waals surface area contributed by atoms with Crippen LogP contribution in [0.4, 0.5) is 22.0 Å². The van der Waals surface area contributed by atoms with Crippen molar-refractivity contribution in [3.05, 3.63) is 65.6 Å². The third-order valence-electron chi connectivity index (χ3n) is 5.75. The monoisotopic (exact) mass is 481 g/mol. The van der Waals surface area contributed by atoms with Crippen molar-refractivity contribution in [3.8, 4) is 11.6 Å². The van der Waals surface area contributed by atoms with Crippen molar-refractivity contribution in [1.82, 2.24) is 24.9 Å². The normalized spacial score (nSPS) is 18.7. The first-order chi connectivity index (χ1) is 16.2. The molecule has 0 unspecified atom stereocenters. The highest BCUT2D eigenvalue weighted by Gasteiger charge is 2.36. The highest BCUT2D eigenvalue weighted by molar-refractivity contribution is 5.98. The van der Waals surface area contributed by atoms with E-state index in [1.807, 2.05) is 6.92 Å². The highest BCUT2D eigenvalue weighted by Crippen LogP contribution is 2.31. The van der Waals surface area contributed by atoms with Crippen LogP contribution >= 0.6 is 0 Å². The lowest BCUT2D eigenvalue weighted by Gasteiger charge is -2.40. The van der Waals surface area contributed by atoms with E-state index in [0.29, 0.717) is 12.6 Å². The molecule has 2 aromatic heterocycles. The molecule has 1 aromatic carbocycles. The van der Waals surface area contributed by atoms with Gasteiger partial charge in [0.1, 0.15) is 23.7 Å². The number of amides is 1. The van der Waals surface area contributed by atoms with E-state index in [2.05, 4.69) is 15.2 Å². The minimum atomic E-state index is -4.52. The average Bonchev–Trinajstić information content (AvgIpc) is 3.33. The summed E-state index contributed by atoms with van der Waals surface area (Å²) in [5.74, 6) is -2.68. The van der Waals surface area contributed by atoms with Gasteiger partial charge in [-0.05, 0) is 37.0 Å². The van der Waals surface area contributed by atoms with E-state index < -0.39 is 46.6 Å². The summed E-state index contributed by atoms with van der Waals surface area (Å²) in [7, 11) is 0. The molecule has 12 heteroatoms. The number of nitrogens with zero attached hydrogens (tertiary/aromatic N) is 5. The fourth-order valence-corrected chi connectivity index (χ4v) is 3.97. The van der Waals surface area contributed by atoms with Gasteiger partial charge in [0, 0.05) is 18.8 Å². The molecule has 34 heavy (non-hydrogen) atoms. The fourth-order valence-electron chi connectivity index (χ4n) is 3.97.